The number of hydrogen-bond acceptors (Lipinski definition) is 5. The Kier molecular flexibility index (Phi) is 3.53. The fourth-order valence-corrected chi connectivity index (χ4v) is 3.04. The van der Waals surface area contributed by atoms with Crippen LogP contribution in [0.1, 0.15) is 19.8 Å². The molecule has 3 atom stereocenters. The van der Waals surface area contributed by atoms with Gasteiger partial charge in [-0.15, -0.1) is 0 Å². The predicted molar refractivity (Wildman–Crippen MR) is 77.8 cm³/mol. The van der Waals surface area contributed by atoms with Crippen LogP contribution in [0, 0.1) is 0 Å². The first-order chi connectivity index (χ1) is 10.1. The minimum absolute atomic E-state index is 0.135. The molecule has 0 spiro atoms. The molecular formula is C15H19N3O3. The molecule has 0 aromatic carbocycles. The average molecular weight is 289 g/mol. The fourth-order valence-electron chi connectivity index (χ4n) is 3.04. The summed E-state index contributed by atoms with van der Waals surface area (Å²) in [7, 11) is 1.35. The highest BCUT2D eigenvalue weighted by Crippen LogP contribution is 2.23. The molecule has 21 heavy (non-hydrogen) atoms. The normalized spacial score (nSPS) is 31.2. The molecule has 2 aliphatic heterocycles. The van der Waals surface area contributed by atoms with Crippen LogP contribution in [0.2, 0.25) is 0 Å². The number of aliphatic imine (C=N–C) groups is 1. The second-order valence-electron chi connectivity index (χ2n) is 5.60. The minimum atomic E-state index is -0.382. The van der Waals surface area contributed by atoms with E-state index < -0.39 is 0 Å². The largest absolute Gasteiger partial charge is 0.465 e. The van der Waals surface area contributed by atoms with Crippen molar-refractivity contribution in [2.24, 2.45) is 4.99 Å². The maximum absolute atomic E-state index is 12.2. The number of likely N-dealkylation sites (tertiary alicyclic amines) is 1. The van der Waals surface area contributed by atoms with Gasteiger partial charge in [0.05, 0.1) is 24.8 Å². The Labute approximate surface area is 123 Å². The quantitative estimate of drug-likeness (QED) is 0.710. The summed E-state index contributed by atoms with van der Waals surface area (Å²) < 4.78 is 4.73. The second-order valence-corrected chi connectivity index (χ2v) is 5.60. The van der Waals surface area contributed by atoms with Gasteiger partial charge in [0, 0.05) is 12.6 Å². The van der Waals surface area contributed by atoms with Crippen LogP contribution in [0.15, 0.2) is 28.8 Å². The molecule has 3 unspecified atom stereocenters. The molecular weight excluding hydrogens is 270 g/mol. The third-order valence-electron chi connectivity index (χ3n) is 4.22. The Morgan fingerprint density at radius 2 is 2.33 bits per heavy atom. The average Bonchev–Trinajstić information content (AvgIpc) is 2.91. The van der Waals surface area contributed by atoms with Gasteiger partial charge in [-0.2, -0.15) is 0 Å². The van der Waals surface area contributed by atoms with Crippen LogP contribution >= 0.6 is 0 Å². The van der Waals surface area contributed by atoms with E-state index in [9.17, 15) is 9.59 Å². The maximum Gasteiger partial charge on any atom is 0.337 e. The van der Waals surface area contributed by atoms with Gasteiger partial charge in [-0.25, -0.2) is 4.79 Å². The zero-order chi connectivity index (χ0) is 15.0. The topological polar surface area (TPSA) is 71.0 Å². The number of ether oxygens (including phenoxy) is 1. The van der Waals surface area contributed by atoms with Gasteiger partial charge in [0.25, 0.3) is 5.91 Å². The molecule has 0 aromatic rings. The summed E-state index contributed by atoms with van der Waals surface area (Å²) in [6.45, 7) is 2.96. The zero-order valence-corrected chi connectivity index (χ0v) is 12.2. The van der Waals surface area contributed by atoms with Crippen molar-refractivity contribution >= 4 is 17.7 Å². The third kappa shape index (κ3) is 2.46. The summed E-state index contributed by atoms with van der Waals surface area (Å²) in [5.41, 5.74) is 0.479. The first-order valence-corrected chi connectivity index (χ1v) is 7.24. The van der Waals surface area contributed by atoms with Crippen molar-refractivity contribution in [3.8, 4) is 0 Å². The second kappa shape index (κ2) is 5.35. The number of rotatable bonds is 1. The van der Waals surface area contributed by atoms with Crippen LogP contribution in [0.5, 0.6) is 0 Å². The summed E-state index contributed by atoms with van der Waals surface area (Å²) in [5.74, 6) is -0.0329. The van der Waals surface area contributed by atoms with Gasteiger partial charge in [-0.3, -0.25) is 9.79 Å². The highest BCUT2D eigenvalue weighted by molar-refractivity contribution is 6.38. The number of carbonyl (C=O) groups excluding carboxylic acids is 2. The standard InChI is InChI=1S/C15H19N3O3/c1-9-4-3-7-18(9)13-14(19)17-11-6-5-10(15(20)21-2)8-12(11)16-13/h5-6,8-9,11-12H,3-4,7H2,1-2H3,(H,17,19). The van der Waals surface area contributed by atoms with E-state index in [0.717, 1.165) is 19.4 Å². The van der Waals surface area contributed by atoms with E-state index in [2.05, 4.69) is 22.1 Å². The molecule has 112 valence electrons. The van der Waals surface area contributed by atoms with Crippen molar-refractivity contribution in [1.29, 1.82) is 0 Å². The van der Waals surface area contributed by atoms with Gasteiger partial charge < -0.3 is 15.0 Å². The molecule has 0 aromatic heterocycles. The number of carbonyl (C=O) groups is 2. The van der Waals surface area contributed by atoms with E-state index >= 15 is 0 Å². The molecule has 1 saturated heterocycles. The summed E-state index contributed by atoms with van der Waals surface area (Å²) >= 11 is 0. The van der Waals surface area contributed by atoms with Gasteiger partial charge in [0.2, 0.25) is 0 Å². The number of nitrogens with zero attached hydrogens (tertiary/aromatic N) is 2. The van der Waals surface area contributed by atoms with Gasteiger partial charge in [0.1, 0.15) is 0 Å². The lowest BCUT2D eigenvalue weighted by Gasteiger charge is -2.33. The number of methoxy groups -OCH3 is 1. The number of esters is 1. The maximum atomic E-state index is 12.2. The van der Waals surface area contributed by atoms with Crippen molar-refractivity contribution in [3.05, 3.63) is 23.8 Å². The Morgan fingerprint density at radius 3 is 3.00 bits per heavy atom. The van der Waals surface area contributed by atoms with Crippen LogP contribution in [0.25, 0.3) is 0 Å². The van der Waals surface area contributed by atoms with Crippen LogP contribution in [-0.2, 0) is 14.3 Å². The van der Waals surface area contributed by atoms with E-state index in [0.29, 0.717) is 17.5 Å². The van der Waals surface area contributed by atoms with Gasteiger partial charge in [0.15, 0.2) is 5.84 Å². The lowest BCUT2D eigenvalue weighted by Crippen LogP contribution is -2.55. The lowest BCUT2D eigenvalue weighted by molar-refractivity contribution is -0.135. The Bertz CT molecular complexity index is 565. The van der Waals surface area contributed by atoms with E-state index in [1.165, 1.54) is 7.11 Å². The summed E-state index contributed by atoms with van der Waals surface area (Å²) in [5, 5.41) is 2.95. The van der Waals surface area contributed by atoms with E-state index in [1.54, 1.807) is 18.2 Å². The number of fused-ring (bicyclic) bond motifs is 1. The number of amides is 1. The van der Waals surface area contributed by atoms with Crippen LogP contribution in [0.3, 0.4) is 0 Å². The lowest BCUT2D eigenvalue weighted by atomic mass is 9.96. The Morgan fingerprint density at radius 1 is 1.52 bits per heavy atom. The van der Waals surface area contributed by atoms with Crippen molar-refractivity contribution in [3.63, 3.8) is 0 Å². The highest BCUT2D eigenvalue weighted by Gasteiger charge is 2.36. The zero-order valence-electron chi connectivity index (χ0n) is 12.2. The number of hydrogen-bond donors (Lipinski definition) is 1. The molecule has 1 fully saturated rings. The van der Waals surface area contributed by atoms with Gasteiger partial charge in [-0.1, -0.05) is 6.08 Å². The summed E-state index contributed by atoms with van der Waals surface area (Å²) in [6.07, 6.45) is 7.37. The van der Waals surface area contributed by atoms with Crippen molar-refractivity contribution < 1.29 is 14.3 Å². The molecule has 3 rings (SSSR count). The first-order valence-electron chi connectivity index (χ1n) is 7.24. The highest BCUT2D eigenvalue weighted by atomic mass is 16.5. The van der Waals surface area contributed by atoms with Crippen LogP contribution in [-0.4, -0.2) is 54.4 Å². The fraction of sp³-hybridized carbons (Fsp3) is 0.533. The summed E-state index contributed by atoms with van der Waals surface area (Å²) in [4.78, 5) is 30.5. The van der Waals surface area contributed by atoms with Crippen molar-refractivity contribution in [2.45, 2.75) is 37.9 Å². The minimum Gasteiger partial charge on any atom is -0.465 e. The van der Waals surface area contributed by atoms with Crippen LogP contribution < -0.4 is 5.32 Å². The molecule has 1 N–H and O–H groups in total. The van der Waals surface area contributed by atoms with Crippen molar-refractivity contribution in [2.75, 3.05) is 13.7 Å². The molecule has 0 bridgehead atoms. The molecule has 2 heterocycles. The van der Waals surface area contributed by atoms with Gasteiger partial charge in [-0.05, 0) is 31.9 Å². The molecule has 1 amide bonds. The molecule has 0 saturated carbocycles. The molecule has 0 radical (unpaired) electrons. The van der Waals surface area contributed by atoms with E-state index in [-0.39, 0.29) is 24.0 Å². The molecule has 3 aliphatic rings. The van der Waals surface area contributed by atoms with E-state index in [1.807, 2.05) is 0 Å². The monoisotopic (exact) mass is 289 g/mol. The number of nitrogens with one attached hydrogen (secondary N) is 1. The van der Waals surface area contributed by atoms with Gasteiger partial charge >= 0.3 is 5.97 Å². The Balaban J connectivity index is 1.89. The summed E-state index contributed by atoms with van der Waals surface area (Å²) in [6, 6.07) is -0.105. The smallest absolute Gasteiger partial charge is 0.337 e. The predicted octanol–water partition coefficient (Wildman–Crippen LogP) is 0.405. The molecule has 6 heteroatoms. The molecule has 1 aliphatic carbocycles. The SMILES string of the molecule is COC(=O)C1=CC2N=C(N3CCCC3C)C(=O)NC2C=C1. The Hall–Kier alpha value is -2.11. The van der Waals surface area contributed by atoms with E-state index in [4.69, 9.17) is 4.74 Å². The van der Waals surface area contributed by atoms with Crippen molar-refractivity contribution in [1.82, 2.24) is 10.2 Å². The molecule has 6 nitrogen and oxygen atoms in total. The number of amidine groups is 1. The third-order valence-corrected chi connectivity index (χ3v) is 4.22. The first kappa shape index (κ1) is 13.9. The van der Waals surface area contributed by atoms with Crippen LogP contribution in [0.4, 0.5) is 0 Å².